The SMILES string of the molecule is Cc1cc(C(C)O)nn1C. The second-order valence-corrected chi connectivity index (χ2v) is 2.51. The zero-order chi connectivity index (χ0) is 7.72. The molecule has 0 saturated carbocycles. The van der Waals surface area contributed by atoms with Gasteiger partial charge in [0.25, 0.3) is 0 Å². The van der Waals surface area contributed by atoms with Crippen LogP contribution in [0.1, 0.15) is 24.4 Å². The van der Waals surface area contributed by atoms with E-state index in [1.54, 1.807) is 11.6 Å². The maximum atomic E-state index is 9.09. The van der Waals surface area contributed by atoms with Crippen LogP contribution in [-0.4, -0.2) is 14.9 Å². The molecule has 1 unspecified atom stereocenters. The third-order valence-electron chi connectivity index (χ3n) is 1.56. The molecular weight excluding hydrogens is 128 g/mol. The Balaban J connectivity index is 2.98. The first-order valence-corrected chi connectivity index (χ1v) is 3.30. The van der Waals surface area contributed by atoms with Crippen molar-refractivity contribution in [2.45, 2.75) is 20.0 Å². The smallest absolute Gasteiger partial charge is 0.0950 e. The van der Waals surface area contributed by atoms with E-state index in [-0.39, 0.29) is 0 Å². The van der Waals surface area contributed by atoms with Gasteiger partial charge in [0, 0.05) is 12.7 Å². The zero-order valence-electron chi connectivity index (χ0n) is 6.50. The molecule has 0 aliphatic heterocycles. The van der Waals surface area contributed by atoms with E-state index in [1.165, 1.54) is 0 Å². The van der Waals surface area contributed by atoms with Gasteiger partial charge in [-0.3, -0.25) is 4.68 Å². The Morgan fingerprint density at radius 3 is 2.50 bits per heavy atom. The molecule has 1 atom stereocenters. The Morgan fingerprint density at radius 2 is 2.30 bits per heavy atom. The van der Waals surface area contributed by atoms with Gasteiger partial charge in [-0.1, -0.05) is 0 Å². The van der Waals surface area contributed by atoms with Crippen molar-refractivity contribution < 1.29 is 5.11 Å². The highest BCUT2D eigenvalue weighted by Crippen LogP contribution is 2.09. The van der Waals surface area contributed by atoms with E-state index in [2.05, 4.69) is 5.10 Å². The van der Waals surface area contributed by atoms with E-state index in [4.69, 9.17) is 5.11 Å². The van der Waals surface area contributed by atoms with Crippen molar-refractivity contribution in [3.63, 3.8) is 0 Å². The molecule has 1 heterocycles. The first kappa shape index (κ1) is 7.28. The predicted octanol–water partition coefficient (Wildman–Crippen LogP) is 0.782. The number of rotatable bonds is 1. The quantitative estimate of drug-likeness (QED) is 0.626. The molecule has 0 fully saturated rings. The van der Waals surface area contributed by atoms with Gasteiger partial charge in [0.2, 0.25) is 0 Å². The van der Waals surface area contributed by atoms with Crippen LogP contribution in [0.15, 0.2) is 6.07 Å². The van der Waals surface area contributed by atoms with Crippen molar-refractivity contribution in [2.24, 2.45) is 7.05 Å². The summed E-state index contributed by atoms with van der Waals surface area (Å²) in [7, 11) is 1.86. The fourth-order valence-corrected chi connectivity index (χ4v) is 0.793. The average Bonchev–Trinajstić information content (AvgIpc) is 2.13. The van der Waals surface area contributed by atoms with Crippen molar-refractivity contribution in [2.75, 3.05) is 0 Å². The monoisotopic (exact) mass is 140 g/mol. The maximum absolute atomic E-state index is 9.09. The predicted molar refractivity (Wildman–Crippen MR) is 38.6 cm³/mol. The van der Waals surface area contributed by atoms with Crippen LogP contribution in [0, 0.1) is 6.92 Å². The number of aryl methyl sites for hydroxylation is 2. The summed E-state index contributed by atoms with van der Waals surface area (Å²) in [5.74, 6) is 0. The first-order valence-electron chi connectivity index (χ1n) is 3.30. The van der Waals surface area contributed by atoms with Crippen LogP contribution < -0.4 is 0 Å². The fourth-order valence-electron chi connectivity index (χ4n) is 0.793. The molecule has 0 amide bonds. The lowest BCUT2D eigenvalue weighted by Gasteiger charge is -1.95. The Hall–Kier alpha value is -0.830. The van der Waals surface area contributed by atoms with Gasteiger partial charge >= 0.3 is 0 Å². The van der Waals surface area contributed by atoms with E-state index in [9.17, 15) is 0 Å². The van der Waals surface area contributed by atoms with Crippen LogP contribution in [-0.2, 0) is 7.05 Å². The van der Waals surface area contributed by atoms with E-state index in [0.717, 1.165) is 11.4 Å². The first-order chi connectivity index (χ1) is 4.61. The molecule has 10 heavy (non-hydrogen) atoms. The third-order valence-corrected chi connectivity index (χ3v) is 1.56. The van der Waals surface area contributed by atoms with Crippen molar-refractivity contribution in [3.05, 3.63) is 17.5 Å². The largest absolute Gasteiger partial charge is 0.387 e. The zero-order valence-corrected chi connectivity index (χ0v) is 6.50. The molecule has 1 aromatic rings. The van der Waals surface area contributed by atoms with Crippen LogP contribution in [0.2, 0.25) is 0 Å². The summed E-state index contributed by atoms with van der Waals surface area (Å²) in [5.41, 5.74) is 1.80. The van der Waals surface area contributed by atoms with E-state index in [1.807, 2.05) is 20.0 Å². The number of aliphatic hydroxyl groups is 1. The summed E-state index contributed by atoms with van der Waals surface area (Å²) in [6.45, 7) is 3.67. The standard InChI is InChI=1S/C7H12N2O/c1-5-4-7(6(2)10)8-9(5)3/h4,6,10H,1-3H3. The van der Waals surface area contributed by atoms with Crippen LogP contribution in [0.5, 0.6) is 0 Å². The number of aliphatic hydroxyl groups excluding tert-OH is 1. The van der Waals surface area contributed by atoms with Gasteiger partial charge in [0.1, 0.15) is 0 Å². The lowest BCUT2D eigenvalue weighted by atomic mass is 10.3. The molecule has 0 aromatic carbocycles. The highest BCUT2D eigenvalue weighted by Gasteiger charge is 2.05. The lowest BCUT2D eigenvalue weighted by molar-refractivity contribution is 0.193. The third kappa shape index (κ3) is 1.19. The highest BCUT2D eigenvalue weighted by atomic mass is 16.3. The van der Waals surface area contributed by atoms with Crippen LogP contribution in [0.3, 0.4) is 0 Å². The van der Waals surface area contributed by atoms with Crippen LogP contribution in [0.25, 0.3) is 0 Å². The second-order valence-electron chi connectivity index (χ2n) is 2.51. The summed E-state index contributed by atoms with van der Waals surface area (Å²) in [6.07, 6.45) is -0.458. The summed E-state index contributed by atoms with van der Waals surface area (Å²) in [4.78, 5) is 0. The van der Waals surface area contributed by atoms with Gasteiger partial charge in [0.15, 0.2) is 0 Å². The van der Waals surface area contributed by atoms with E-state index < -0.39 is 6.10 Å². The van der Waals surface area contributed by atoms with Gasteiger partial charge in [-0.05, 0) is 19.9 Å². The van der Waals surface area contributed by atoms with Crippen LogP contribution in [0.4, 0.5) is 0 Å². The molecule has 0 aliphatic carbocycles. The molecule has 1 aromatic heterocycles. The molecule has 0 saturated heterocycles. The second kappa shape index (κ2) is 2.42. The Labute approximate surface area is 60.3 Å². The lowest BCUT2D eigenvalue weighted by Crippen LogP contribution is -1.95. The number of nitrogens with zero attached hydrogens (tertiary/aromatic N) is 2. The Bertz CT molecular complexity index is 208. The fraction of sp³-hybridized carbons (Fsp3) is 0.571. The normalized spacial score (nSPS) is 13.6. The number of hydrogen-bond acceptors (Lipinski definition) is 2. The number of hydrogen-bond donors (Lipinski definition) is 1. The molecule has 1 rings (SSSR count). The van der Waals surface area contributed by atoms with Crippen molar-refractivity contribution in [1.29, 1.82) is 0 Å². The maximum Gasteiger partial charge on any atom is 0.0950 e. The van der Waals surface area contributed by atoms with Crippen molar-refractivity contribution in [1.82, 2.24) is 9.78 Å². The molecule has 0 radical (unpaired) electrons. The van der Waals surface area contributed by atoms with Gasteiger partial charge in [-0.15, -0.1) is 0 Å². The molecule has 0 bridgehead atoms. The minimum atomic E-state index is -0.458. The Kier molecular flexibility index (Phi) is 1.76. The summed E-state index contributed by atoms with van der Waals surface area (Å²) in [6, 6.07) is 1.88. The van der Waals surface area contributed by atoms with Crippen molar-refractivity contribution >= 4 is 0 Å². The molecular formula is C7H12N2O. The molecule has 1 N–H and O–H groups in total. The van der Waals surface area contributed by atoms with Gasteiger partial charge < -0.3 is 5.11 Å². The van der Waals surface area contributed by atoms with Gasteiger partial charge in [-0.25, -0.2) is 0 Å². The summed E-state index contributed by atoms with van der Waals surface area (Å²) >= 11 is 0. The minimum Gasteiger partial charge on any atom is -0.387 e. The molecule has 3 heteroatoms. The van der Waals surface area contributed by atoms with Crippen LogP contribution >= 0.6 is 0 Å². The van der Waals surface area contributed by atoms with E-state index >= 15 is 0 Å². The molecule has 0 spiro atoms. The summed E-state index contributed by atoms with van der Waals surface area (Å²) in [5, 5.41) is 13.2. The topological polar surface area (TPSA) is 38.1 Å². The molecule has 0 aliphatic rings. The van der Waals surface area contributed by atoms with Gasteiger partial charge in [0.05, 0.1) is 11.8 Å². The Morgan fingerprint density at radius 1 is 1.70 bits per heavy atom. The number of aromatic nitrogens is 2. The molecule has 56 valence electrons. The summed E-state index contributed by atoms with van der Waals surface area (Å²) < 4.78 is 1.75. The molecule has 3 nitrogen and oxygen atoms in total. The van der Waals surface area contributed by atoms with Crippen molar-refractivity contribution in [3.8, 4) is 0 Å². The minimum absolute atomic E-state index is 0.458. The van der Waals surface area contributed by atoms with E-state index in [0.29, 0.717) is 0 Å². The highest BCUT2D eigenvalue weighted by molar-refractivity contribution is 5.09. The average molecular weight is 140 g/mol. The van der Waals surface area contributed by atoms with Gasteiger partial charge in [-0.2, -0.15) is 5.10 Å².